The topological polar surface area (TPSA) is 71.5 Å². The van der Waals surface area contributed by atoms with Crippen molar-refractivity contribution in [2.24, 2.45) is 0 Å². The summed E-state index contributed by atoms with van der Waals surface area (Å²) in [5.74, 6) is -0.651. The third-order valence-corrected chi connectivity index (χ3v) is 5.21. The highest BCUT2D eigenvalue weighted by Gasteiger charge is 2.21. The number of pyridine rings is 1. The maximum atomic E-state index is 13.5. The number of esters is 1. The predicted octanol–water partition coefficient (Wildman–Crippen LogP) is 6.70. The molecule has 4 rings (SSSR count). The number of rotatable bonds is 4. The van der Waals surface area contributed by atoms with Crippen molar-refractivity contribution < 1.29 is 14.3 Å². The van der Waals surface area contributed by atoms with Gasteiger partial charge in [0.15, 0.2) is 5.69 Å². The van der Waals surface area contributed by atoms with Gasteiger partial charge in [0.2, 0.25) is 0 Å². The van der Waals surface area contributed by atoms with Crippen LogP contribution in [0.5, 0.6) is 0 Å². The van der Waals surface area contributed by atoms with E-state index >= 15 is 0 Å². The number of para-hydroxylation sites is 2. The lowest BCUT2D eigenvalue weighted by Crippen LogP contribution is -2.31. The second kappa shape index (κ2) is 9.26. The van der Waals surface area contributed by atoms with Gasteiger partial charge in [-0.1, -0.05) is 59.6 Å². The van der Waals surface area contributed by atoms with Crippen LogP contribution in [0.4, 0.5) is 21.9 Å². The van der Waals surface area contributed by atoms with Crippen LogP contribution >= 0.6 is 23.2 Å². The molecular formula is C24H17Cl2N3O3. The van der Waals surface area contributed by atoms with Crippen molar-refractivity contribution in [3.8, 4) is 0 Å². The first kappa shape index (κ1) is 21.6. The summed E-state index contributed by atoms with van der Waals surface area (Å²) in [4.78, 5) is 31.5. The molecule has 0 aliphatic heterocycles. The summed E-state index contributed by atoms with van der Waals surface area (Å²) in [5.41, 5.74) is 2.00. The highest BCUT2D eigenvalue weighted by Crippen LogP contribution is 2.34. The number of hydrogen-bond donors (Lipinski definition) is 1. The van der Waals surface area contributed by atoms with Crippen molar-refractivity contribution in [3.05, 3.63) is 94.6 Å². The van der Waals surface area contributed by atoms with Gasteiger partial charge in [-0.25, -0.2) is 14.6 Å². The number of carbonyl (C=O) groups excluding carboxylic acids is 2. The summed E-state index contributed by atoms with van der Waals surface area (Å²) in [6.07, 6.45) is 0. The Balaban J connectivity index is 1.83. The van der Waals surface area contributed by atoms with Gasteiger partial charge >= 0.3 is 12.0 Å². The van der Waals surface area contributed by atoms with E-state index in [1.165, 1.54) is 18.1 Å². The Morgan fingerprint density at radius 1 is 0.906 bits per heavy atom. The molecule has 6 nitrogen and oxygen atoms in total. The first-order chi connectivity index (χ1) is 15.5. The fourth-order valence-corrected chi connectivity index (χ4v) is 3.89. The van der Waals surface area contributed by atoms with Crippen LogP contribution in [0.3, 0.4) is 0 Å². The van der Waals surface area contributed by atoms with Gasteiger partial charge in [-0.15, -0.1) is 0 Å². The zero-order valence-corrected chi connectivity index (χ0v) is 18.4. The number of halogens is 2. The molecule has 4 aromatic rings. The van der Waals surface area contributed by atoms with E-state index in [0.717, 1.165) is 0 Å². The Hall–Kier alpha value is -3.61. The molecule has 0 fully saturated rings. The van der Waals surface area contributed by atoms with E-state index in [4.69, 9.17) is 27.9 Å². The number of amides is 2. The van der Waals surface area contributed by atoms with Gasteiger partial charge in [-0.05, 0) is 42.5 Å². The SMILES string of the molecule is COC(=O)c1cc(NC(=O)N(c2ccccc2)c2ccccc2)c2c(Cl)cc(Cl)cc2n1. The molecule has 0 aliphatic carbocycles. The van der Waals surface area contributed by atoms with Gasteiger partial charge in [-0.3, -0.25) is 4.90 Å². The number of urea groups is 1. The summed E-state index contributed by atoms with van der Waals surface area (Å²) in [6, 6.07) is 22.5. The lowest BCUT2D eigenvalue weighted by atomic mass is 10.1. The Kier molecular flexibility index (Phi) is 6.25. The van der Waals surface area contributed by atoms with E-state index in [-0.39, 0.29) is 10.7 Å². The average Bonchev–Trinajstić information content (AvgIpc) is 2.79. The van der Waals surface area contributed by atoms with Gasteiger partial charge in [0.1, 0.15) is 0 Å². The number of aromatic nitrogens is 1. The number of nitrogens with one attached hydrogen (secondary N) is 1. The van der Waals surface area contributed by atoms with Crippen molar-refractivity contribution in [3.63, 3.8) is 0 Å². The standard InChI is InChI=1S/C24H17Cl2N3O3/c1-32-23(30)21-14-20(22-18(26)12-15(25)13-19(22)27-21)28-24(31)29(16-8-4-2-5-9-16)17-10-6-3-7-11-17/h2-14H,1H3,(H,27,28,31). The number of hydrogen-bond acceptors (Lipinski definition) is 4. The summed E-state index contributed by atoms with van der Waals surface area (Å²) < 4.78 is 4.80. The maximum absolute atomic E-state index is 13.5. The first-order valence-corrected chi connectivity index (χ1v) is 10.3. The highest BCUT2D eigenvalue weighted by atomic mass is 35.5. The first-order valence-electron chi connectivity index (χ1n) is 9.57. The van der Waals surface area contributed by atoms with Crippen LogP contribution < -0.4 is 10.2 Å². The van der Waals surface area contributed by atoms with E-state index in [9.17, 15) is 9.59 Å². The van der Waals surface area contributed by atoms with Crippen LogP contribution in [0.1, 0.15) is 10.5 Å². The van der Waals surface area contributed by atoms with Crippen LogP contribution in [0.2, 0.25) is 10.0 Å². The molecule has 32 heavy (non-hydrogen) atoms. The van der Waals surface area contributed by atoms with Gasteiger partial charge in [-0.2, -0.15) is 0 Å². The zero-order chi connectivity index (χ0) is 22.7. The molecule has 2 amide bonds. The monoisotopic (exact) mass is 465 g/mol. The third kappa shape index (κ3) is 4.37. The van der Waals surface area contributed by atoms with Crippen LogP contribution in [-0.4, -0.2) is 24.1 Å². The quantitative estimate of drug-likeness (QED) is 0.340. The summed E-state index contributed by atoms with van der Waals surface area (Å²) in [5, 5.41) is 3.97. The van der Waals surface area contributed by atoms with E-state index in [1.54, 1.807) is 12.1 Å². The fourth-order valence-electron chi connectivity index (χ4n) is 3.30. The molecule has 160 valence electrons. The molecule has 0 atom stereocenters. The van der Waals surface area contributed by atoms with Crippen LogP contribution in [0.15, 0.2) is 78.9 Å². The summed E-state index contributed by atoms with van der Waals surface area (Å²) in [6.45, 7) is 0. The largest absolute Gasteiger partial charge is 0.464 e. The molecule has 0 radical (unpaired) electrons. The van der Waals surface area contributed by atoms with Crippen LogP contribution in [0.25, 0.3) is 10.9 Å². The molecule has 1 aromatic heterocycles. The van der Waals surface area contributed by atoms with Crippen LogP contribution in [0, 0.1) is 0 Å². The number of methoxy groups -OCH3 is 1. The molecule has 1 heterocycles. The van der Waals surface area contributed by atoms with Crippen molar-refractivity contribution in [2.75, 3.05) is 17.3 Å². The molecule has 0 aliphatic rings. The van der Waals surface area contributed by atoms with Crippen molar-refractivity contribution >= 4 is 63.2 Å². The molecule has 0 saturated carbocycles. The van der Waals surface area contributed by atoms with Gasteiger partial charge in [0.05, 0.1) is 34.7 Å². The van der Waals surface area contributed by atoms with E-state index in [1.807, 2.05) is 60.7 Å². The molecule has 0 spiro atoms. The second-order valence-corrected chi connectivity index (χ2v) is 7.61. The predicted molar refractivity (Wildman–Crippen MR) is 127 cm³/mol. The Morgan fingerprint density at radius 3 is 2.06 bits per heavy atom. The molecule has 1 N–H and O–H groups in total. The minimum atomic E-state index is -0.651. The molecule has 0 bridgehead atoms. The number of benzene rings is 3. The molecule has 0 saturated heterocycles. The molecule has 8 heteroatoms. The zero-order valence-electron chi connectivity index (χ0n) is 16.9. The summed E-state index contributed by atoms with van der Waals surface area (Å²) >= 11 is 12.5. The minimum absolute atomic E-state index is 0.0135. The third-order valence-electron chi connectivity index (χ3n) is 4.69. The van der Waals surface area contributed by atoms with E-state index in [0.29, 0.717) is 33.0 Å². The van der Waals surface area contributed by atoms with Crippen molar-refractivity contribution in [1.82, 2.24) is 4.98 Å². The molecular weight excluding hydrogens is 449 g/mol. The molecule has 0 unspecified atom stereocenters. The Labute approximate surface area is 194 Å². The van der Waals surface area contributed by atoms with Gasteiger partial charge in [0, 0.05) is 10.4 Å². The molecule has 3 aromatic carbocycles. The fraction of sp³-hybridized carbons (Fsp3) is 0.0417. The average molecular weight is 466 g/mol. The number of nitrogens with zero attached hydrogens (tertiary/aromatic N) is 2. The van der Waals surface area contributed by atoms with E-state index < -0.39 is 12.0 Å². The number of carbonyl (C=O) groups is 2. The lowest BCUT2D eigenvalue weighted by Gasteiger charge is -2.24. The summed E-state index contributed by atoms with van der Waals surface area (Å²) in [7, 11) is 1.25. The Morgan fingerprint density at radius 2 is 1.50 bits per heavy atom. The number of fused-ring (bicyclic) bond motifs is 1. The number of anilines is 3. The highest BCUT2D eigenvalue weighted by molar-refractivity contribution is 6.39. The lowest BCUT2D eigenvalue weighted by molar-refractivity contribution is 0.0594. The Bertz CT molecular complexity index is 1260. The normalized spacial score (nSPS) is 10.6. The smallest absolute Gasteiger partial charge is 0.356 e. The van der Waals surface area contributed by atoms with Gasteiger partial charge < -0.3 is 10.1 Å². The second-order valence-electron chi connectivity index (χ2n) is 6.77. The van der Waals surface area contributed by atoms with Gasteiger partial charge in [0.25, 0.3) is 0 Å². The van der Waals surface area contributed by atoms with Crippen LogP contribution in [-0.2, 0) is 4.74 Å². The van der Waals surface area contributed by atoms with Crippen molar-refractivity contribution in [1.29, 1.82) is 0 Å². The number of ether oxygens (including phenoxy) is 1. The maximum Gasteiger partial charge on any atom is 0.356 e. The van der Waals surface area contributed by atoms with Crippen molar-refractivity contribution in [2.45, 2.75) is 0 Å². The minimum Gasteiger partial charge on any atom is -0.464 e. The van der Waals surface area contributed by atoms with E-state index in [2.05, 4.69) is 10.3 Å².